The Morgan fingerprint density at radius 3 is 3.04 bits per heavy atom. The molecule has 0 unspecified atom stereocenters. The molecule has 0 saturated heterocycles. The quantitative estimate of drug-likeness (QED) is 0.667. The number of aromatic amines is 1. The molecule has 3 aromatic rings. The zero-order chi connectivity index (χ0) is 16.2. The average molecular weight is 333 g/mol. The monoisotopic (exact) mass is 333 g/mol. The number of carbonyl (C=O) groups excluding carboxylic acids is 1. The Hall–Kier alpha value is -2.55. The number of nitrogens with zero attached hydrogens (tertiary/aromatic N) is 3. The van der Waals surface area contributed by atoms with Crippen LogP contribution in [0, 0.1) is 6.92 Å². The number of aromatic nitrogens is 4. The topological polar surface area (TPSA) is 106 Å². The fourth-order valence-electron chi connectivity index (χ4n) is 1.94. The number of aryl methyl sites for hydroxylation is 1. The Bertz CT molecular complexity index is 829. The van der Waals surface area contributed by atoms with E-state index in [-0.39, 0.29) is 11.7 Å². The number of amides is 1. The number of fused-ring (bicyclic) bond motifs is 1. The second-order valence-electron chi connectivity index (χ2n) is 4.69. The minimum absolute atomic E-state index is 0.199. The van der Waals surface area contributed by atoms with Gasteiger partial charge in [0.1, 0.15) is 11.4 Å². The van der Waals surface area contributed by atoms with E-state index in [1.54, 1.807) is 6.92 Å². The van der Waals surface area contributed by atoms with E-state index in [1.165, 1.54) is 11.8 Å². The van der Waals surface area contributed by atoms with Gasteiger partial charge in [-0.3, -0.25) is 4.79 Å². The molecule has 2 heterocycles. The van der Waals surface area contributed by atoms with Gasteiger partial charge in [-0.2, -0.15) is 0 Å². The molecule has 1 aromatic carbocycles. The van der Waals surface area contributed by atoms with Crippen molar-refractivity contribution in [3.05, 3.63) is 23.9 Å². The van der Waals surface area contributed by atoms with Gasteiger partial charge in [-0.25, -0.2) is 9.61 Å². The predicted molar refractivity (Wildman–Crippen MR) is 85.7 cm³/mol. The molecule has 2 aromatic heterocycles. The minimum atomic E-state index is -0.204. The molecule has 0 spiro atoms. The first-order valence-electron chi connectivity index (χ1n) is 7.00. The maximum Gasteiger partial charge on any atom is 0.236 e. The Morgan fingerprint density at radius 2 is 2.30 bits per heavy atom. The lowest BCUT2D eigenvalue weighted by Crippen LogP contribution is -2.15. The lowest BCUT2D eigenvalue weighted by Gasteiger charge is -2.00. The largest absolute Gasteiger partial charge is 0.494 e. The molecule has 8 nitrogen and oxygen atoms in total. The van der Waals surface area contributed by atoms with E-state index in [0.29, 0.717) is 23.3 Å². The van der Waals surface area contributed by atoms with Crippen molar-refractivity contribution in [2.24, 2.45) is 0 Å². The van der Waals surface area contributed by atoms with Gasteiger partial charge in [0.15, 0.2) is 11.0 Å². The third kappa shape index (κ3) is 3.62. The fraction of sp³-hybridized carbons (Fsp3) is 0.286. The van der Waals surface area contributed by atoms with Crippen LogP contribution in [0.15, 0.2) is 28.0 Å². The number of anilines is 1. The van der Waals surface area contributed by atoms with Crippen molar-refractivity contribution in [1.82, 2.24) is 20.3 Å². The summed E-state index contributed by atoms with van der Waals surface area (Å²) in [6.07, 6.45) is 0. The first kappa shape index (κ1) is 15.3. The third-order valence-electron chi connectivity index (χ3n) is 2.99. The highest BCUT2D eigenvalue weighted by molar-refractivity contribution is 7.99. The molecule has 0 saturated carbocycles. The average Bonchev–Trinajstić information content (AvgIpc) is 3.11. The van der Waals surface area contributed by atoms with E-state index < -0.39 is 0 Å². The minimum Gasteiger partial charge on any atom is -0.494 e. The number of hydrogen-bond donors (Lipinski definition) is 2. The summed E-state index contributed by atoms with van der Waals surface area (Å²) in [7, 11) is 0. The van der Waals surface area contributed by atoms with Crippen LogP contribution in [0.5, 0.6) is 5.75 Å². The van der Waals surface area contributed by atoms with E-state index >= 15 is 0 Å². The van der Waals surface area contributed by atoms with Crippen LogP contribution in [0.3, 0.4) is 0 Å². The summed E-state index contributed by atoms with van der Waals surface area (Å²) in [6, 6.07) is 5.64. The van der Waals surface area contributed by atoms with Crippen molar-refractivity contribution >= 4 is 34.5 Å². The number of thioether (sulfide) groups is 1. The Kier molecular flexibility index (Phi) is 4.47. The number of H-pyrrole nitrogens is 1. The maximum absolute atomic E-state index is 11.9. The third-order valence-corrected chi connectivity index (χ3v) is 3.87. The molecule has 0 aliphatic carbocycles. The smallest absolute Gasteiger partial charge is 0.236 e. The first-order chi connectivity index (χ1) is 11.2. The van der Waals surface area contributed by atoms with Crippen molar-refractivity contribution in [3.8, 4) is 5.75 Å². The summed E-state index contributed by atoms with van der Waals surface area (Å²) in [6.45, 7) is 4.25. The van der Waals surface area contributed by atoms with Crippen molar-refractivity contribution in [2.75, 3.05) is 17.7 Å². The van der Waals surface area contributed by atoms with Crippen LogP contribution in [-0.2, 0) is 4.79 Å². The number of benzene rings is 1. The van der Waals surface area contributed by atoms with Crippen LogP contribution in [-0.4, -0.2) is 38.5 Å². The molecule has 0 fully saturated rings. The molecule has 0 bridgehead atoms. The van der Waals surface area contributed by atoms with Gasteiger partial charge in [0.2, 0.25) is 5.91 Å². The zero-order valence-corrected chi connectivity index (χ0v) is 13.4. The molecule has 0 aliphatic rings. The number of imidazole rings is 1. The van der Waals surface area contributed by atoms with Crippen molar-refractivity contribution in [3.63, 3.8) is 0 Å². The highest BCUT2D eigenvalue weighted by atomic mass is 32.2. The Balaban J connectivity index is 1.62. The predicted octanol–water partition coefficient (Wildman–Crippen LogP) is 2.38. The molecule has 9 heteroatoms. The molecule has 3 rings (SSSR count). The van der Waals surface area contributed by atoms with E-state index in [2.05, 4.69) is 30.2 Å². The highest BCUT2D eigenvalue weighted by Crippen LogP contribution is 2.23. The van der Waals surface area contributed by atoms with Crippen molar-refractivity contribution in [2.45, 2.75) is 19.0 Å². The van der Waals surface area contributed by atoms with E-state index in [0.717, 1.165) is 16.8 Å². The van der Waals surface area contributed by atoms with E-state index in [1.807, 2.05) is 25.1 Å². The maximum atomic E-state index is 11.9. The van der Waals surface area contributed by atoms with Crippen LogP contribution >= 0.6 is 11.8 Å². The van der Waals surface area contributed by atoms with Crippen LogP contribution in [0.2, 0.25) is 0 Å². The van der Waals surface area contributed by atoms with Gasteiger partial charge >= 0.3 is 0 Å². The van der Waals surface area contributed by atoms with Gasteiger partial charge in [-0.15, -0.1) is 0 Å². The molecule has 23 heavy (non-hydrogen) atoms. The number of rotatable bonds is 6. The standard InChI is InChI=1S/C14H15N5O3S/c1-3-21-9-4-5-10-11(6-9)16-14(15-10)23-7-12(20)17-13-8(2)18-22-19-13/h4-6H,3,7H2,1-2H3,(H,15,16)(H,17,19,20). The molecule has 0 aliphatic heterocycles. The number of nitrogens with one attached hydrogen (secondary N) is 2. The number of hydrogen-bond acceptors (Lipinski definition) is 7. The normalized spacial score (nSPS) is 10.9. The fourth-order valence-corrected chi connectivity index (χ4v) is 2.62. The second-order valence-corrected chi connectivity index (χ2v) is 5.65. The van der Waals surface area contributed by atoms with Crippen LogP contribution in [0.1, 0.15) is 12.6 Å². The summed E-state index contributed by atoms with van der Waals surface area (Å²) in [4.78, 5) is 19.5. The lowest BCUT2D eigenvalue weighted by molar-refractivity contribution is -0.113. The summed E-state index contributed by atoms with van der Waals surface area (Å²) < 4.78 is 9.98. The lowest BCUT2D eigenvalue weighted by atomic mass is 10.3. The van der Waals surface area contributed by atoms with Gasteiger partial charge in [0.05, 0.1) is 23.4 Å². The van der Waals surface area contributed by atoms with Crippen molar-refractivity contribution in [1.29, 1.82) is 0 Å². The van der Waals surface area contributed by atoms with Crippen LogP contribution in [0.4, 0.5) is 5.82 Å². The summed E-state index contributed by atoms with van der Waals surface area (Å²) >= 11 is 1.30. The molecule has 1 amide bonds. The molecule has 2 N–H and O–H groups in total. The summed E-state index contributed by atoms with van der Waals surface area (Å²) in [5.74, 6) is 1.11. The SMILES string of the molecule is CCOc1ccc2nc(SCC(=O)Nc3nonc3C)[nH]c2c1. The van der Waals surface area contributed by atoms with Gasteiger partial charge in [-0.1, -0.05) is 16.9 Å². The second kappa shape index (κ2) is 6.69. The Morgan fingerprint density at radius 1 is 1.43 bits per heavy atom. The van der Waals surface area contributed by atoms with Gasteiger partial charge in [0.25, 0.3) is 0 Å². The summed E-state index contributed by atoms with van der Waals surface area (Å²) in [5, 5.41) is 10.5. The molecular formula is C14H15N5O3S. The molecule has 0 atom stereocenters. The molecular weight excluding hydrogens is 318 g/mol. The number of carbonyl (C=O) groups is 1. The van der Waals surface area contributed by atoms with Crippen LogP contribution in [0.25, 0.3) is 11.0 Å². The number of ether oxygens (including phenoxy) is 1. The van der Waals surface area contributed by atoms with Gasteiger partial charge in [-0.05, 0) is 31.1 Å². The summed E-state index contributed by atoms with van der Waals surface area (Å²) in [5.41, 5.74) is 2.24. The molecule has 0 radical (unpaired) electrons. The molecule has 120 valence electrons. The van der Waals surface area contributed by atoms with E-state index in [9.17, 15) is 4.79 Å². The Labute approximate surface area is 136 Å². The van der Waals surface area contributed by atoms with Gasteiger partial charge in [0, 0.05) is 6.07 Å². The van der Waals surface area contributed by atoms with Crippen molar-refractivity contribution < 1.29 is 14.2 Å². The van der Waals surface area contributed by atoms with Gasteiger partial charge < -0.3 is 15.0 Å². The van der Waals surface area contributed by atoms with E-state index in [4.69, 9.17) is 4.74 Å². The van der Waals surface area contributed by atoms with Crippen LogP contribution < -0.4 is 10.1 Å². The highest BCUT2D eigenvalue weighted by Gasteiger charge is 2.11. The first-order valence-corrected chi connectivity index (χ1v) is 7.98. The zero-order valence-electron chi connectivity index (χ0n) is 12.6.